The van der Waals surface area contributed by atoms with Crippen LogP contribution in [0.2, 0.25) is 0 Å². The molecule has 0 spiro atoms. The molecule has 6 heterocycles. The first-order valence-corrected chi connectivity index (χ1v) is 18.7. The van der Waals surface area contributed by atoms with Crippen LogP contribution in [0.5, 0.6) is 0 Å². The molecule has 1 aromatic carbocycles. The lowest BCUT2D eigenvalue weighted by Crippen LogP contribution is -2.37. The third-order valence-electron chi connectivity index (χ3n) is 7.63. The highest BCUT2D eigenvalue weighted by atomic mass is 32.5. The number of aliphatic hydroxyl groups is 2. The third kappa shape index (κ3) is 5.75. The molecule has 4 aromatic rings. The lowest BCUT2D eigenvalue weighted by atomic mass is 10.1. The van der Waals surface area contributed by atoms with Gasteiger partial charge in [0.1, 0.15) is 43.0 Å². The van der Waals surface area contributed by atoms with Gasteiger partial charge in [-0.1, -0.05) is 12.1 Å². The Bertz CT molecular complexity index is 2050. The van der Waals surface area contributed by atoms with Crippen LogP contribution < -0.4 is 16.9 Å². The first kappa shape index (κ1) is 32.0. The molecular formula is C23H25N7O12P2S2. The van der Waals surface area contributed by atoms with Crippen LogP contribution in [0.3, 0.4) is 0 Å². The Hall–Kier alpha value is -2.59. The van der Waals surface area contributed by atoms with E-state index in [2.05, 4.69) is 19.9 Å². The monoisotopic (exact) mass is 717 g/mol. The molecule has 0 aliphatic carbocycles. The number of nitrogens with two attached hydrogens (primary N) is 1. The Labute approximate surface area is 266 Å². The molecule has 2 unspecified atom stereocenters. The van der Waals surface area contributed by atoms with Gasteiger partial charge in [-0.05, 0) is 35.7 Å². The summed E-state index contributed by atoms with van der Waals surface area (Å²) in [6.07, 6.45) is -8.94. The first-order valence-electron chi connectivity index (χ1n) is 13.5. The molecule has 3 fully saturated rings. The number of anilines is 1. The number of imidazole rings is 1. The maximum Gasteiger partial charge on any atom is 0.325 e. The normalized spacial score (nSPS) is 37.0. The smallest absolute Gasteiger partial charge is 0.325 e. The molecule has 246 valence electrons. The molecule has 0 amide bonds. The minimum atomic E-state index is -4.26. The van der Waals surface area contributed by atoms with Crippen molar-refractivity contribution in [3.63, 3.8) is 0 Å². The van der Waals surface area contributed by atoms with Gasteiger partial charge in [-0.3, -0.25) is 32.8 Å². The maximum absolute atomic E-state index is 13.4. The Morgan fingerprint density at radius 1 is 0.891 bits per heavy atom. The summed E-state index contributed by atoms with van der Waals surface area (Å²) >= 11 is 10.4. The van der Waals surface area contributed by atoms with Crippen LogP contribution in [0.1, 0.15) is 12.5 Å². The van der Waals surface area contributed by atoms with Crippen LogP contribution in [0, 0.1) is 0 Å². The van der Waals surface area contributed by atoms with E-state index in [9.17, 15) is 29.6 Å². The van der Waals surface area contributed by atoms with Crippen molar-refractivity contribution in [1.82, 2.24) is 29.1 Å². The fourth-order valence-corrected chi connectivity index (χ4v) is 8.36. The predicted molar refractivity (Wildman–Crippen MR) is 163 cm³/mol. The van der Waals surface area contributed by atoms with Crippen LogP contribution in [0.15, 0.2) is 46.5 Å². The summed E-state index contributed by atoms with van der Waals surface area (Å²) in [5.74, 6) is -0.217. The second-order valence-electron chi connectivity index (χ2n) is 10.5. The van der Waals surface area contributed by atoms with E-state index in [-0.39, 0.29) is 22.5 Å². The number of hydrogen-bond donors (Lipinski definition) is 6. The lowest BCUT2D eigenvalue weighted by Gasteiger charge is -2.28. The first-order chi connectivity index (χ1) is 21.8. The summed E-state index contributed by atoms with van der Waals surface area (Å²) < 4.78 is 36.7. The predicted octanol–water partition coefficient (Wildman–Crippen LogP) is -1.12. The van der Waals surface area contributed by atoms with Crippen LogP contribution >= 0.6 is 13.4 Å². The quantitative estimate of drug-likeness (QED) is 0.134. The van der Waals surface area contributed by atoms with E-state index < -0.39 is 86.8 Å². The number of aromatic amines is 1. The van der Waals surface area contributed by atoms with Crippen LogP contribution in [0.25, 0.3) is 22.1 Å². The van der Waals surface area contributed by atoms with Gasteiger partial charge in [0.2, 0.25) is 5.95 Å². The molecule has 3 aliphatic heterocycles. The highest BCUT2D eigenvalue weighted by Crippen LogP contribution is 2.53. The zero-order chi connectivity index (χ0) is 32.5. The summed E-state index contributed by atoms with van der Waals surface area (Å²) in [5.41, 5.74) is 4.82. The highest BCUT2D eigenvalue weighted by Gasteiger charge is 2.52. The second-order valence-corrected chi connectivity index (χ2v) is 16.1. The molecule has 7 N–H and O–H groups in total. The van der Waals surface area contributed by atoms with Gasteiger partial charge in [0.25, 0.3) is 11.1 Å². The highest BCUT2D eigenvalue weighted by molar-refractivity contribution is 8.07. The van der Waals surface area contributed by atoms with Crippen molar-refractivity contribution in [2.75, 3.05) is 18.9 Å². The van der Waals surface area contributed by atoms with E-state index in [4.69, 9.17) is 56.9 Å². The van der Waals surface area contributed by atoms with Crippen molar-refractivity contribution in [2.45, 2.75) is 49.1 Å². The van der Waals surface area contributed by atoms with E-state index >= 15 is 0 Å². The van der Waals surface area contributed by atoms with E-state index in [0.29, 0.717) is 5.52 Å². The number of fused-ring (bicyclic) bond motifs is 5. The maximum atomic E-state index is 13.4. The number of ether oxygens (including phenoxy) is 2. The van der Waals surface area contributed by atoms with Crippen molar-refractivity contribution in [2.24, 2.45) is 0 Å². The van der Waals surface area contributed by atoms with Crippen LogP contribution in [-0.4, -0.2) is 98.9 Å². The molecule has 0 saturated carbocycles. The molecule has 3 saturated heterocycles. The molecule has 46 heavy (non-hydrogen) atoms. The van der Waals surface area contributed by atoms with Crippen LogP contribution in [-0.2, 0) is 51.2 Å². The molecule has 0 radical (unpaired) electrons. The average molecular weight is 718 g/mol. The Morgan fingerprint density at radius 2 is 1.54 bits per heavy atom. The van der Waals surface area contributed by atoms with E-state index in [1.807, 2.05) is 0 Å². The van der Waals surface area contributed by atoms with Crippen molar-refractivity contribution < 1.29 is 47.6 Å². The molecule has 7 rings (SSSR count). The standard InChI is InChI=1S/C23H25N7O12P2S2/c24-23-27-18-13(19(33)28-23)26-8-29(18)21-15(32)16-12(40-21)6-38-44(36,46)42-17-14(31)11(5-37-43(35,45)41-16)39-22(17)30-7-25-10-4-2-1-3-9(10)20(30)34/h1-4,7-8,11-12,14-17,21-22,31-32H,5-6H2,(H,35,45)(H,36,46)(H3,24,27,28,33)/t11-,12-,14-,15-,16-,17-,21-,22-,43?,44?/m1/s1. The minimum Gasteiger partial charge on any atom is -0.387 e. The van der Waals surface area contributed by atoms with Crippen molar-refractivity contribution in [3.05, 3.63) is 57.6 Å². The van der Waals surface area contributed by atoms with Gasteiger partial charge >= 0.3 is 13.4 Å². The fraction of sp³-hybridized carbons (Fsp3) is 0.435. The van der Waals surface area contributed by atoms with E-state index in [1.165, 1.54) is 17.2 Å². The van der Waals surface area contributed by atoms with Gasteiger partial charge in [0.15, 0.2) is 23.6 Å². The zero-order valence-corrected chi connectivity index (χ0v) is 26.5. The molecular weight excluding hydrogens is 692 g/mol. The van der Waals surface area contributed by atoms with Gasteiger partial charge < -0.3 is 44.3 Å². The van der Waals surface area contributed by atoms with Crippen molar-refractivity contribution in [3.8, 4) is 0 Å². The number of aliphatic hydroxyl groups excluding tert-OH is 2. The van der Waals surface area contributed by atoms with Gasteiger partial charge in [-0.25, -0.2) is 9.97 Å². The number of hydrogen-bond acceptors (Lipinski definition) is 16. The Kier molecular flexibility index (Phi) is 8.22. The van der Waals surface area contributed by atoms with Gasteiger partial charge in [-0.15, -0.1) is 0 Å². The summed E-state index contributed by atoms with van der Waals surface area (Å²) in [4.78, 5) is 62.4. The summed E-state index contributed by atoms with van der Waals surface area (Å²) in [7, 11) is 0. The second kappa shape index (κ2) is 11.8. The molecule has 19 nitrogen and oxygen atoms in total. The largest absolute Gasteiger partial charge is 0.387 e. The third-order valence-corrected chi connectivity index (χ3v) is 10.7. The minimum absolute atomic E-state index is 0.0255. The van der Waals surface area contributed by atoms with Gasteiger partial charge in [0, 0.05) is 0 Å². The van der Waals surface area contributed by atoms with E-state index in [0.717, 1.165) is 4.57 Å². The number of H-pyrrole nitrogens is 1. The van der Waals surface area contributed by atoms with Crippen molar-refractivity contribution in [1.29, 1.82) is 0 Å². The fourth-order valence-electron chi connectivity index (χ4n) is 5.50. The number of nitrogen functional groups attached to an aromatic ring is 1. The molecule has 10 atom stereocenters. The topological polar surface area (TPSA) is 261 Å². The number of benzene rings is 1. The number of aromatic nitrogens is 6. The van der Waals surface area contributed by atoms with Gasteiger partial charge in [-0.2, -0.15) is 4.98 Å². The molecule has 3 aromatic heterocycles. The number of rotatable bonds is 2. The number of para-hydroxylation sites is 1. The molecule has 23 heteroatoms. The SMILES string of the molecule is Nc1nc2c(ncn2[C@@H]2O[C@@H]3COP(O)(=S)O[C@@H]4[C@H](O)[C@@H](COP(O)(=S)O[C@H]3[C@H]2O)O[C@H]4n2cnc3ccccc3c2=O)c(=O)[nH]1. The van der Waals surface area contributed by atoms with Crippen LogP contribution in [0.4, 0.5) is 5.95 Å². The number of nitrogens with one attached hydrogen (secondary N) is 1. The summed E-state index contributed by atoms with van der Waals surface area (Å²) in [6.45, 7) is -9.63. The molecule has 2 bridgehead atoms. The Morgan fingerprint density at radius 3 is 2.30 bits per heavy atom. The molecule has 3 aliphatic rings. The van der Waals surface area contributed by atoms with E-state index in [1.54, 1.807) is 24.3 Å². The summed E-state index contributed by atoms with van der Waals surface area (Å²) in [6, 6.07) is 6.57. The number of nitrogens with zero attached hydrogens (tertiary/aromatic N) is 5. The average Bonchev–Trinajstić information content (AvgIpc) is 3.65. The Balaban J connectivity index is 1.21. The summed E-state index contributed by atoms with van der Waals surface area (Å²) in [5, 5.41) is 22.7. The van der Waals surface area contributed by atoms with Gasteiger partial charge in [0.05, 0.1) is 30.4 Å². The zero-order valence-electron chi connectivity index (χ0n) is 23.1. The lowest BCUT2D eigenvalue weighted by molar-refractivity contribution is -0.0626. The van der Waals surface area contributed by atoms with Crippen molar-refractivity contribution >= 4 is 65.1 Å².